The number of nitrogens with zero attached hydrogens (tertiary/aromatic N) is 3. The van der Waals surface area contributed by atoms with Crippen molar-refractivity contribution in [1.82, 2.24) is 0 Å². The first-order valence-electron chi connectivity index (χ1n) is 14.6. The minimum atomic E-state index is -0.825. The zero-order valence-electron chi connectivity index (χ0n) is 24.9. The molecule has 11 nitrogen and oxygen atoms in total. The Balaban J connectivity index is 1.29. The standard InChI is InChI=1S/C37H23N3O8/c41-35-30-19-15-25(24-13-16-28(17-14-24)38(26-8-3-1-4-9-26)27-10-5-2-6-11-27)22-34(30)48-36(33-12-7-21-46-33)37(35)47-32-20-18-29(39(42)43)23-31(32)40(44)45/h1-23H. The first-order chi connectivity index (χ1) is 23.4. The molecular weight excluding hydrogens is 614 g/mol. The summed E-state index contributed by atoms with van der Waals surface area (Å²) in [6.45, 7) is 0. The molecule has 0 spiro atoms. The van der Waals surface area contributed by atoms with Crippen molar-refractivity contribution in [1.29, 1.82) is 0 Å². The highest BCUT2D eigenvalue weighted by Crippen LogP contribution is 2.40. The zero-order chi connectivity index (χ0) is 33.2. The minimum Gasteiger partial charge on any atom is -0.461 e. The second kappa shape index (κ2) is 12.4. The number of hydrogen-bond acceptors (Lipinski definition) is 9. The molecule has 7 rings (SSSR count). The van der Waals surface area contributed by atoms with Gasteiger partial charge in [-0.25, -0.2) is 0 Å². The molecule has 48 heavy (non-hydrogen) atoms. The van der Waals surface area contributed by atoms with Gasteiger partial charge in [0.2, 0.25) is 22.7 Å². The van der Waals surface area contributed by atoms with E-state index in [0.29, 0.717) is 0 Å². The largest absolute Gasteiger partial charge is 0.461 e. The number of fused-ring (bicyclic) bond motifs is 1. The molecule has 0 aliphatic rings. The number of non-ortho nitro benzene ring substituents is 1. The van der Waals surface area contributed by atoms with Gasteiger partial charge < -0.3 is 18.5 Å². The third-order valence-corrected chi connectivity index (χ3v) is 7.65. The predicted octanol–water partition coefficient (Wildman–Crippen LogP) is 9.80. The van der Waals surface area contributed by atoms with Gasteiger partial charge in [0, 0.05) is 23.1 Å². The smallest absolute Gasteiger partial charge is 0.318 e. The number of rotatable bonds is 9. The summed E-state index contributed by atoms with van der Waals surface area (Å²) in [6, 6.07) is 39.2. The lowest BCUT2D eigenvalue weighted by Gasteiger charge is -2.25. The Morgan fingerprint density at radius 3 is 1.90 bits per heavy atom. The van der Waals surface area contributed by atoms with E-state index in [0.717, 1.165) is 46.4 Å². The molecule has 5 aromatic carbocycles. The van der Waals surface area contributed by atoms with Crippen molar-refractivity contribution in [3.63, 3.8) is 0 Å². The Bertz CT molecular complexity index is 2300. The van der Waals surface area contributed by atoms with Gasteiger partial charge in [-0.15, -0.1) is 0 Å². The quantitative estimate of drug-likeness (QED) is 0.112. The van der Waals surface area contributed by atoms with Gasteiger partial charge in [0.25, 0.3) is 5.69 Å². The Morgan fingerprint density at radius 1 is 0.646 bits per heavy atom. The van der Waals surface area contributed by atoms with E-state index in [9.17, 15) is 25.0 Å². The van der Waals surface area contributed by atoms with Crippen molar-refractivity contribution in [3.05, 3.63) is 170 Å². The van der Waals surface area contributed by atoms with E-state index in [1.807, 2.05) is 84.9 Å². The second-order valence-corrected chi connectivity index (χ2v) is 10.6. The number of nitro benzene ring substituents is 2. The number of nitro groups is 2. The third-order valence-electron chi connectivity index (χ3n) is 7.65. The van der Waals surface area contributed by atoms with Crippen molar-refractivity contribution in [2.75, 3.05) is 4.90 Å². The number of ether oxygens (including phenoxy) is 1. The number of furan rings is 1. The lowest BCUT2D eigenvalue weighted by molar-refractivity contribution is -0.394. The Kier molecular flexibility index (Phi) is 7.68. The molecule has 11 heteroatoms. The van der Waals surface area contributed by atoms with Gasteiger partial charge in [0.1, 0.15) is 5.58 Å². The number of benzene rings is 5. The molecule has 0 aliphatic carbocycles. The van der Waals surface area contributed by atoms with Gasteiger partial charge in [-0.3, -0.25) is 25.0 Å². The van der Waals surface area contributed by atoms with Gasteiger partial charge in [0.15, 0.2) is 5.76 Å². The van der Waals surface area contributed by atoms with E-state index in [-0.39, 0.29) is 34.0 Å². The molecule has 0 radical (unpaired) electrons. The molecule has 7 aromatic rings. The molecule has 0 saturated heterocycles. The van der Waals surface area contributed by atoms with Gasteiger partial charge >= 0.3 is 5.69 Å². The van der Waals surface area contributed by atoms with Crippen LogP contribution in [-0.4, -0.2) is 9.85 Å². The third kappa shape index (κ3) is 5.63. The lowest BCUT2D eigenvalue weighted by Crippen LogP contribution is -2.09. The number of para-hydroxylation sites is 2. The SMILES string of the molecule is O=c1c(Oc2ccc([N+](=O)[O-])cc2[N+](=O)[O-])c(-c2ccco2)oc2cc(-c3ccc(N(c4ccccc4)c4ccccc4)cc3)ccc12. The van der Waals surface area contributed by atoms with Crippen LogP contribution in [0.5, 0.6) is 11.5 Å². The molecule has 0 amide bonds. The van der Waals surface area contributed by atoms with Crippen molar-refractivity contribution < 1.29 is 23.4 Å². The van der Waals surface area contributed by atoms with Crippen LogP contribution >= 0.6 is 0 Å². The fraction of sp³-hybridized carbons (Fsp3) is 0. The average Bonchev–Trinajstić information content (AvgIpc) is 3.66. The van der Waals surface area contributed by atoms with E-state index in [2.05, 4.69) is 4.90 Å². The number of hydrogen-bond donors (Lipinski definition) is 0. The Hall–Kier alpha value is -7.01. The topological polar surface area (TPSA) is 142 Å². The first kappa shape index (κ1) is 29.7. The summed E-state index contributed by atoms with van der Waals surface area (Å²) >= 11 is 0. The summed E-state index contributed by atoms with van der Waals surface area (Å²) in [4.78, 5) is 37.4. The number of anilines is 3. The molecule has 2 heterocycles. The van der Waals surface area contributed by atoms with Crippen LogP contribution in [-0.2, 0) is 0 Å². The highest BCUT2D eigenvalue weighted by Gasteiger charge is 2.26. The van der Waals surface area contributed by atoms with E-state index in [1.165, 1.54) is 6.26 Å². The van der Waals surface area contributed by atoms with Gasteiger partial charge in [-0.2, -0.15) is 0 Å². The normalized spacial score (nSPS) is 10.9. The van der Waals surface area contributed by atoms with E-state index >= 15 is 0 Å². The van der Waals surface area contributed by atoms with Crippen LogP contribution in [0.2, 0.25) is 0 Å². The van der Waals surface area contributed by atoms with Crippen LogP contribution in [0, 0.1) is 20.2 Å². The highest BCUT2D eigenvalue weighted by molar-refractivity contribution is 5.86. The van der Waals surface area contributed by atoms with Gasteiger partial charge in [-0.05, 0) is 77.9 Å². The van der Waals surface area contributed by atoms with Gasteiger partial charge in [0.05, 0.1) is 27.6 Å². The summed E-state index contributed by atoms with van der Waals surface area (Å²) in [5, 5.41) is 23.1. The van der Waals surface area contributed by atoms with Crippen molar-refractivity contribution in [3.8, 4) is 34.1 Å². The minimum absolute atomic E-state index is 0.0981. The monoisotopic (exact) mass is 637 g/mol. The summed E-state index contributed by atoms with van der Waals surface area (Å²) in [6.07, 6.45) is 1.38. The summed E-state index contributed by atoms with van der Waals surface area (Å²) in [5.74, 6) is -0.695. The van der Waals surface area contributed by atoms with Gasteiger partial charge in [-0.1, -0.05) is 54.6 Å². The van der Waals surface area contributed by atoms with E-state index < -0.39 is 26.7 Å². The highest BCUT2D eigenvalue weighted by atomic mass is 16.6. The molecule has 0 fully saturated rings. The molecule has 0 bridgehead atoms. The van der Waals surface area contributed by atoms with Crippen LogP contribution < -0.4 is 15.1 Å². The maximum Gasteiger partial charge on any atom is 0.318 e. The lowest BCUT2D eigenvalue weighted by atomic mass is 10.0. The van der Waals surface area contributed by atoms with Crippen molar-refractivity contribution in [2.24, 2.45) is 0 Å². The average molecular weight is 638 g/mol. The van der Waals surface area contributed by atoms with E-state index in [4.69, 9.17) is 13.6 Å². The van der Waals surface area contributed by atoms with Crippen molar-refractivity contribution >= 4 is 39.4 Å². The molecule has 0 atom stereocenters. The first-order valence-corrected chi connectivity index (χ1v) is 14.6. The van der Waals surface area contributed by atoms with Crippen molar-refractivity contribution in [2.45, 2.75) is 0 Å². The predicted molar refractivity (Wildman–Crippen MR) is 180 cm³/mol. The maximum atomic E-state index is 13.8. The summed E-state index contributed by atoms with van der Waals surface area (Å²) < 4.78 is 17.5. The summed E-state index contributed by atoms with van der Waals surface area (Å²) in [5.41, 5.74) is 3.03. The summed E-state index contributed by atoms with van der Waals surface area (Å²) in [7, 11) is 0. The second-order valence-electron chi connectivity index (χ2n) is 10.6. The maximum absolute atomic E-state index is 13.8. The van der Waals surface area contributed by atoms with Crippen LogP contribution in [0.1, 0.15) is 0 Å². The van der Waals surface area contributed by atoms with E-state index in [1.54, 1.807) is 30.3 Å². The Morgan fingerprint density at radius 2 is 1.29 bits per heavy atom. The molecule has 0 saturated carbocycles. The van der Waals surface area contributed by atoms with Crippen LogP contribution in [0.15, 0.2) is 153 Å². The molecular formula is C37H23N3O8. The fourth-order valence-electron chi connectivity index (χ4n) is 5.38. The molecule has 0 unspecified atom stereocenters. The Labute approximate surface area is 271 Å². The molecule has 0 aliphatic heterocycles. The van der Waals surface area contributed by atoms with Crippen LogP contribution in [0.4, 0.5) is 28.4 Å². The van der Waals surface area contributed by atoms with Crippen LogP contribution in [0.3, 0.4) is 0 Å². The molecule has 0 N–H and O–H groups in total. The fourth-order valence-corrected chi connectivity index (χ4v) is 5.38. The molecule has 2 aromatic heterocycles. The van der Waals surface area contributed by atoms with Crippen LogP contribution in [0.25, 0.3) is 33.6 Å². The zero-order valence-corrected chi connectivity index (χ0v) is 24.9. The molecule has 234 valence electrons.